The van der Waals surface area contributed by atoms with Gasteiger partial charge in [0.1, 0.15) is 0 Å². The Morgan fingerprint density at radius 2 is 2.38 bits per heavy atom. The van der Waals surface area contributed by atoms with Crippen molar-refractivity contribution in [1.29, 1.82) is 0 Å². The van der Waals surface area contributed by atoms with E-state index >= 15 is 0 Å². The fourth-order valence-corrected chi connectivity index (χ4v) is 1.99. The molecule has 0 saturated carbocycles. The molecule has 1 aromatic carbocycles. The molecule has 0 amide bonds. The Morgan fingerprint density at radius 1 is 1.56 bits per heavy atom. The lowest BCUT2D eigenvalue weighted by Gasteiger charge is -2.18. The number of methoxy groups -OCH3 is 1. The molecule has 0 aliphatic carbocycles. The number of hydrogen-bond donors (Lipinski definition) is 1. The van der Waals surface area contributed by atoms with Gasteiger partial charge in [-0.05, 0) is 24.1 Å². The van der Waals surface area contributed by atoms with E-state index in [1.807, 2.05) is 0 Å². The lowest BCUT2D eigenvalue weighted by Crippen LogP contribution is -2.21. The van der Waals surface area contributed by atoms with Crippen molar-refractivity contribution in [2.45, 2.75) is 12.5 Å². The van der Waals surface area contributed by atoms with Crippen molar-refractivity contribution in [3.05, 3.63) is 29.6 Å². The normalized spacial score (nSPS) is 22.1. The zero-order valence-corrected chi connectivity index (χ0v) is 9.28. The minimum atomic E-state index is -0.360. The highest BCUT2D eigenvalue weighted by Crippen LogP contribution is 2.29. The number of nitrogens with two attached hydrogens (primary N) is 1. The van der Waals surface area contributed by atoms with E-state index in [0.29, 0.717) is 12.5 Å². The van der Waals surface area contributed by atoms with Gasteiger partial charge in [0, 0.05) is 18.6 Å². The molecule has 0 aromatic heterocycles. The van der Waals surface area contributed by atoms with E-state index < -0.39 is 0 Å². The minimum absolute atomic E-state index is 0.114. The Labute approximate surface area is 94.3 Å². The summed E-state index contributed by atoms with van der Waals surface area (Å²) in [5, 5.41) is 0. The third kappa shape index (κ3) is 2.18. The minimum Gasteiger partial charge on any atom is -0.494 e. The summed E-state index contributed by atoms with van der Waals surface area (Å²) in [5.41, 5.74) is 7.01. The van der Waals surface area contributed by atoms with E-state index in [1.165, 1.54) is 13.2 Å². The maximum absolute atomic E-state index is 13.2. The van der Waals surface area contributed by atoms with Gasteiger partial charge in [-0.1, -0.05) is 6.07 Å². The summed E-state index contributed by atoms with van der Waals surface area (Å²) in [7, 11) is 1.45. The first-order chi connectivity index (χ1) is 7.72. The molecule has 16 heavy (non-hydrogen) atoms. The largest absolute Gasteiger partial charge is 0.494 e. The van der Waals surface area contributed by atoms with E-state index in [0.717, 1.165) is 18.6 Å². The van der Waals surface area contributed by atoms with Gasteiger partial charge in [-0.25, -0.2) is 4.39 Å². The number of hydrogen-bond acceptors (Lipinski definition) is 3. The van der Waals surface area contributed by atoms with Crippen LogP contribution in [0.4, 0.5) is 4.39 Å². The van der Waals surface area contributed by atoms with Crippen LogP contribution < -0.4 is 10.5 Å². The zero-order valence-electron chi connectivity index (χ0n) is 9.28. The van der Waals surface area contributed by atoms with Crippen molar-refractivity contribution in [2.75, 3.05) is 20.3 Å². The first-order valence-corrected chi connectivity index (χ1v) is 5.39. The standard InChI is InChI=1S/C12H16FNO2/c1-15-11-6-8(2-3-10(11)13)12(14)9-4-5-16-7-9/h2-3,6,9,12H,4-5,7,14H2,1H3. The van der Waals surface area contributed by atoms with Crippen LogP contribution in [0.1, 0.15) is 18.0 Å². The number of benzene rings is 1. The SMILES string of the molecule is COc1cc(C(N)C2CCOC2)ccc1F. The fraction of sp³-hybridized carbons (Fsp3) is 0.500. The number of halogens is 1. The van der Waals surface area contributed by atoms with Gasteiger partial charge in [0.15, 0.2) is 11.6 Å². The molecule has 0 radical (unpaired) electrons. The molecule has 2 N–H and O–H groups in total. The summed E-state index contributed by atoms with van der Waals surface area (Å²) in [6.45, 7) is 1.44. The second-order valence-electron chi connectivity index (χ2n) is 4.04. The molecular weight excluding hydrogens is 209 g/mol. The van der Waals surface area contributed by atoms with Gasteiger partial charge in [-0.2, -0.15) is 0 Å². The molecule has 88 valence electrons. The fourth-order valence-electron chi connectivity index (χ4n) is 1.99. The van der Waals surface area contributed by atoms with E-state index in [1.54, 1.807) is 12.1 Å². The highest BCUT2D eigenvalue weighted by atomic mass is 19.1. The highest BCUT2D eigenvalue weighted by molar-refractivity contribution is 5.32. The van der Waals surface area contributed by atoms with Crippen molar-refractivity contribution in [3.8, 4) is 5.75 Å². The summed E-state index contributed by atoms with van der Waals surface area (Å²) in [6.07, 6.45) is 0.959. The van der Waals surface area contributed by atoms with E-state index in [9.17, 15) is 4.39 Å². The monoisotopic (exact) mass is 225 g/mol. The second kappa shape index (κ2) is 4.80. The van der Waals surface area contributed by atoms with Gasteiger partial charge in [-0.15, -0.1) is 0 Å². The molecular formula is C12H16FNO2. The highest BCUT2D eigenvalue weighted by Gasteiger charge is 2.24. The molecule has 1 fully saturated rings. The first kappa shape index (κ1) is 11.4. The third-order valence-corrected chi connectivity index (χ3v) is 3.03. The van der Waals surface area contributed by atoms with Crippen LogP contribution in [0.15, 0.2) is 18.2 Å². The molecule has 1 aromatic rings. The second-order valence-corrected chi connectivity index (χ2v) is 4.04. The van der Waals surface area contributed by atoms with Gasteiger partial charge in [0.05, 0.1) is 13.7 Å². The van der Waals surface area contributed by atoms with Crippen LogP contribution in [-0.2, 0) is 4.74 Å². The summed E-state index contributed by atoms with van der Waals surface area (Å²) >= 11 is 0. The molecule has 1 heterocycles. The smallest absolute Gasteiger partial charge is 0.165 e. The average molecular weight is 225 g/mol. The summed E-state index contributed by atoms with van der Waals surface area (Å²) in [4.78, 5) is 0. The van der Waals surface area contributed by atoms with Crippen LogP contribution in [0.2, 0.25) is 0 Å². The predicted octanol–water partition coefficient (Wildman–Crippen LogP) is 1.87. The van der Waals surface area contributed by atoms with E-state index in [4.69, 9.17) is 15.2 Å². The molecule has 2 rings (SSSR count). The topological polar surface area (TPSA) is 44.5 Å². The Kier molecular flexibility index (Phi) is 3.41. The Hall–Kier alpha value is -1.13. The average Bonchev–Trinajstić information content (AvgIpc) is 2.82. The molecule has 0 spiro atoms. The van der Waals surface area contributed by atoms with Gasteiger partial charge in [-0.3, -0.25) is 0 Å². The van der Waals surface area contributed by atoms with Crippen molar-refractivity contribution < 1.29 is 13.9 Å². The molecule has 1 aliphatic heterocycles. The molecule has 4 heteroatoms. The van der Waals surface area contributed by atoms with Gasteiger partial charge in [0.25, 0.3) is 0 Å². The first-order valence-electron chi connectivity index (χ1n) is 5.39. The Balaban J connectivity index is 2.19. The molecule has 1 aliphatic rings. The molecule has 2 unspecified atom stereocenters. The predicted molar refractivity (Wildman–Crippen MR) is 58.8 cm³/mol. The Morgan fingerprint density at radius 3 is 3.00 bits per heavy atom. The summed E-state index contributed by atoms with van der Waals surface area (Å²) in [6, 6.07) is 4.65. The van der Waals surface area contributed by atoms with Gasteiger partial charge in [0.2, 0.25) is 0 Å². The van der Waals surface area contributed by atoms with Crippen LogP contribution in [0, 0.1) is 11.7 Å². The molecule has 1 saturated heterocycles. The van der Waals surface area contributed by atoms with Crippen LogP contribution in [0.25, 0.3) is 0 Å². The summed E-state index contributed by atoms with van der Waals surface area (Å²) in [5.74, 6) is 0.197. The van der Waals surface area contributed by atoms with E-state index in [-0.39, 0.29) is 17.6 Å². The lowest BCUT2D eigenvalue weighted by atomic mass is 9.93. The van der Waals surface area contributed by atoms with Crippen molar-refractivity contribution in [2.24, 2.45) is 11.7 Å². The maximum Gasteiger partial charge on any atom is 0.165 e. The quantitative estimate of drug-likeness (QED) is 0.854. The summed E-state index contributed by atoms with van der Waals surface area (Å²) < 4.78 is 23.5. The van der Waals surface area contributed by atoms with Crippen molar-refractivity contribution in [3.63, 3.8) is 0 Å². The van der Waals surface area contributed by atoms with Crippen LogP contribution in [0.5, 0.6) is 5.75 Å². The van der Waals surface area contributed by atoms with E-state index in [2.05, 4.69) is 0 Å². The molecule has 0 bridgehead atoms. The lowest BCUT2D eigenvalue weighted by molar-refractivity contribution is 0.181. The van der Waals surface area contributed by atoms with Crippen molar-refractivity contribution in [1.82, 2.24) is 0 Å². The van der Waals surface area contributed by atoms with Gasteiger partial charge >= 0.3 is 0 Å². The van der Waals surface area contributed by atoms with Crippen LogP contribution >= 0.6 is 0 Å². The molecule has 3 nitrogen and oxygen atoms in total. The Bertz CT molecular complexity index is 364. The van der Waals surface area contributed by atoms with Crippen LogP contribution in [-0.4, -0.2) is 20.3 Å². The van der Waals surface area contributed by atoms with Crippen LogP contribution in [0.3, 0.4) is 0 Å². The zero-order chi connectivity index (χ0) is 11.5. The number of ether oxygens (including phenoxy) is 2. The van der Waals surface area contributed by atoms with Gasteiger partial charge < -0.3 is 15.2 Å². The van der Waals surface area contributed by atoms with Crippen molar-refractivity contribution >= 4 is 0 Å². The third-order valence-electron chi connectivity index (χ3n) is 3.03. The number of rotatable bonds is 3. The molecule has 2 atom stereocenters. The maximum atomic E-state index is 13.2.